The smallest absolute Gasteiger partial charge is 0.343 e. The van der Waals surface area contributed by atoms with E-state index >= 15 is 0 Å². The number of rotatable bonds is 2. The quantitative estimate of drug-likeness (QED) is 0.616. The van der Waals surface area contributed by atoms with Crippen LogP contribution in [0, 0.1) is 0 Å². The highest BCUT2D eigenvalue weighted by atomic mass is 19.4. The molecule has 0 aliphatic carbocycles. The number of hydrogen-bond donors (Lipinski definition) is 1. The summed E-state index contributed by atoms with van der Waals surface area (Å²) in [5.41, 5.74) is 0. The zero-order valence-electron chi connectivity index (χ0n) is 5.90. The van der Waals surface area contributed by atoms with Gasteiger partial charge in [0.2, 0.25) is 5.91 Å². The van der Waals surface area contributed by atoms with Crippen molar-refractivity contribution in [3.05, 3.63) is 12.2 Å². The number of hydrogen-bond acceptors (Lipinski definition) is 1. The number of carbonyl (C=O) groups is 1. The first-order valence-electron chi connectivity index (χ1n) is 2.93. The van der Waals surface area contributed by atoms with Gasteiger partial charge in [-0.25, -0.2) is 0 Å². The highest BCUT2D eigenvalue weighted by Crippen LogP contribution is 2.11. The Balaban J connectivity index is 3.63. The highest BCUT2D eigenvalue weighted by molar-refractivity contribution is 5.87. The molecule has 0 unspecified atom stereocenters. The van der Waals surface area contributed by atoms with E-state index in [4.69, 9.17) is 0 Å². The van der Waals surface area contributed by atoms with Crippen LogP contribution in [0.15, 0.2) is 12.2 Å². The molecule has 0 aliphatic heterocycles. The first-order chi connectivity index (χ1) is 4.95. The third-order valence-electron chi connectivity index (χ3n) is 0.781. The maximum Gasteiger partial charge on any atom is 0.405 e. The van der Waals surface area contributed by atoms with Gasteiger partial charge >= 0.3 is 6.18 Å². The minimum atomic E-state index is -4.34. The monoisotopic (exact) mass is 167 g/mol. The molecule has 0 aromatic rings. The second-order valence-electron chi connectivity index (χ2n) is 1.83. The van der Waals surface area contributed by atoms with Crippen molar-refractivity contribution in [2.45, 2.75) is 13.1 Å². The molecule has 0 heterocycles. The van der Waals surface area contributed by atoms with Crippen molar-refractivity contribution in [2.75, 3.05) is 6.54 Å². The summed E-state index contributed by atoms with van der Waals surface area (Å²) in [5, 5.41) is 1.67. The minimum Gasteiger partial charge on any atom is -0.343 e. The molecule has 0 radical (unpaired) electrons. The fourth-order valence-corrected chi connectivity index (χ4v) is 0.398. The van der Waals surface area contributed by atoms with Crippen LogP contribution in [0.3, 0.4) is 0 Å². The lowest BCUT2D eigenvalue weighted by atomic mass is 10.5. The molecule has 0 fully saturated rings. The van der Waals surface area contributed by atoms with E-state index in [1.165, 1.54) is 6.08 Å². The van der Waals surface area contributed by atoms with Crippen molar-refractivity contribution in [1.82, 2.24) is 5.32 Å². The normalized spacial score (nSPS) is 12.0. The maximum atomic E-state index is 11.4. The molecule has 0 spiro atoms. The van der Waals surface area contributed by atoms with Crippen LogP contribution < -0.4 is 5.32 Å². The maximum absolute atomic E-state index is 11.4. The van der Waals surface area contributed by atoms with E-state index in [9.17, 15) is 18.0 Å². The van der Waals surface area contributed by atoms with Gasteiger partial charge in [-0.15, -0.1) is 0 Å². The standard InChI is InChI=1S/C6H8F3NO/c1-2-3-5(11)10-4-6(7,8)9/h2-3H,4H2,1H3,(H,10,11). The third-order valence-corrected chi connectivity index (χ3v) is 0.781. The number of halogens is 3. The van der Waals surface area contributed by atoms with E-state index in [0.717, 1.165) is 6.08 Å². The van der Waals surface area contributed by atoms with E-state index in [-0.39, 0.29) is 0 Å². The van der Waals surface area contributed by atoms with Crippen molar-refractivity contribution >= 4 is 5.91 Å². The average molecular weight is 167 g/mol. The molecule has 0 rings (SSSR count). The molecule has 11 heavy (non-hydrogen) atoms. The van der Waals surface area contributed by atoms with E-state index in [2.05, 4.69) is 0 Å². The van der Waals surface area contributed by atoms with Crippen LogP contribution in [0.2, 0.25) is 0 Å². The van der Waals surface area contributed by atoms with Crippen molar-refractivity contribution in [3.8, 4) is 0 Å². The number of nitrogens with one attached hydrogen (secondary N) is 1. The van der Waals surface area contributed by atoms with Crippen LogP contribution in [0.5, 0.6) is 0 Å². The van der Waals surface area contributed by atoms with Gasteiger partial charge in [0.1, 0.15) is 6.54 Å². The van der Waals surface area contributed by atoms with Gasteiger partial charge in [0, 0.05) is 0 Å². The molecule has 0 aromatic heterocycles. The highest BCUT2D eigenvalue weighted by Gasteiger charge is 2.27. The molecule has 0 aromatic carbocycles. The summed E-state index contributed by atoms with van der Waals surface area (Å²) >= 11 is 0. The SMILES string of the molecule is CC=CC(=O)NCC(F)(F)F. The predicted octanol–water partition coefficient (Wildman–Crippen LogP) is 1.24. The lowest BCUT2D eigenvalue weighted by molar-refractivity contribution is -0.135. The molecule has 1 amide bonds. The molecule has 0 atom stereocenters. The summed E-state index contributed by atoms with van der Waals surface area (Å²) in [6, 6.07) is 0. The number of allylic oxidation sites excluding steroid dienone is 1. The fraction of sp³-hybridized carbons (Fsp3) is 0.500. The van der Waals surface area contributed by atoms with Crippen molar-refractivity contribution in [1.29, 1.82) is 0 Å². The predicted molar refractivity (Wildman–Crippen MR) is 33.9 cm³/mol. The molecule has 0 aliphatic rings. The van der Waals surface area contributed by atoms with Crippen molar-refractivity contribution in [3.63, 3.8) is 0 Å². The largest absolute Gasteiger partial charge is 0.405 e. The first kappa shape index (κ1) is 10.0. The zero-order valence-corrected chi connectivity index (χ0v) is 5.90. The van der Waals surface area contributed by atoms with E-state index < -0.39 is 18.6 Å². The number of amides is 1. The Hall–Kier alpha value is -1.00. The molecule has 64 valence electrons. The number of alkyl halides is 3. The third kappa shape index (κ3) is 6.89. The van der Waals surface area contributed by atoms with Gasteiger partial charge in [-0.1, -0.05) is 6.08 Å². The molecule has 5 heteroatoms. The van der Waals surface area contributed by atoms with Gasteiger partial charge in [0.05, 0.1) is 0 Å². The van der Waals surface area contributed by atoms with Gasteiger partial charge in [0.25, 0.3) is 0 Å². The zero-order chi connectivity index (χ0) is 8.91. The van der Waals surface area contributed by atoms with Gasteiger partial charge < -0.3 is 5.32 Å². The van der Waals surface area contributed by atoms with Gasteiger partial charge in [0.15, 0.2) is 0 Å². The summed E-state index contributed by atoms with van der Waals surface area (Å²) in [6.07, 6.45) is -1.94. The Morgan fingerprint density at radius 2 is 2.09 bits per heavy atom. The van der Waals surface area contributed by atoms with E-state index in [0.29, 0.717) is 0 Å². The summed E-state index contributed by atoms with van der Waals surface area (Å²) < 4.78 is 34.3. The van der Waals surface area contributed by atoms with Crippen molar-refractivity contribution in [2.24, 2.45) is 0 Å². The Labute approximate surface area is 62.1 Å². The van der Waals surface area contributed by atoms with Crippen LogP contribution >= 0.6 is 0 Å². The molecule has 2 nitrogen and oxygen atoms in total. The minimum absolute atomic E-state index is 0.732. The lowest BCUT2D eigenvalue weighted by Crippen LogP contribution is -2.32. The van der Waals surface area contributed by atoms with Crippen LogP contribution in [-0.2, 0) is 4.79 Å². The summed E-state index contributed by atoms with van der Waals surface area (Å²) in [7, 11) is 0. The van der Waals surface area contributed by atoms with Crippen LogP contribution in [0.4, 0.5) is 13.2 Å². The van der Waals surface area contributed by atoms with E-state index in [1.807, 2.05) is 0 Å². The second kappa shape index (κ2) is 4.00. The Kier molecular flexibility index (Phi) is 3.64. The Bertz CT molecular complexity index is 162. The lowest BCUT2D eigenvalue weighted by Gasteiger charge is -2.05. The molecular weight excluding hydrogens is 159 g/mol. The first-order valence-corrected chi connectivity index (χ1v) is 2.93. The van der Waals surface area contributed by atoms with Gasteiger partial charge in [-0.05, 0) is 13.0 Å². The summed E-state index contributed by atoms with van der Waals surface area (Å²) in [4.78, 5) is 10.4. The van der Waals surface area contributed by atoms with Gasteiger partial charge in [-0.2, -0.15) is 13.2 Å². The van der Waals surface area contributed by atoms with Gasteiger partial charge in [-0.3, -0.25) is 4.79 Å². The molecular formula is C6H8F3NO. The van der Waals surface area contributed by atoms with E-state index in [1.54, 1.807) is 12.2 Å². The second-order valence-corrected chi connectivity index (χ2v) is 1.83. The van der Waals surface area contributed by atoms with Crippen molar-refractivity contribution < 1.29 is 18.0 Å². The molecule has 1 N–H and O–H groups in total. The van der Waals surface area contributed by atoms with Crippen LogP contribution in [0.25, 0.3) is 0 Å². The number of carbonyl (C=O) groups excluding carboxylic acids is 1. The average Bonchev–Trinajstić information content (AvgIpc) is 1.83. The molecule has 0 saturated carbocycles. The van der Waals surface area contributed by atoms with Crippen LogP contribution in [-0.4, -0.2) is 18.6 Å². The van der Waals surface area contributed by atoms with Crippen LogP contribution in [0.1, 0.15) is 6.92 Å². The summed E-state index contributed by atoms with van der Waals surface area (Å²) in [5.74, 6) is -0.732. The Morgan fingerprint density at radius 1 is 1.55 bits per heavy atom. The molecule has 0 saturated heterocycles. The molecule has 0 bridgehead atoms. The fourth-order valence-electron chi connectivity index (χ4n) is 0.398. The topological polar surface area (TPSA) is 29.1 Å². The summed E-state index contributed by atoms with van der Waals surface area (Å²) in [6.45, 7) is 0.267. The Morgan fingerprint density at radius 3 is 2.45 bits per heavy atom.